The zero-order valence-corrected chi connectivity index (χ0v) is 9.00. The van der Waals surface area contributed by atoms with Crippen molar-refractivity contribution in [3.05, 3.63) is 12.8 Å². The highest BCUT2D eigenvalue weighted by molar-refractivity contribution is 5.91. The molecule has 0 atom stereocenters. The van der Waals surface area contributed by atoms with Crippen molar-refractivity contribution in [2.75, 3.05) is 13.6 Å². The lowest BCUT2D eigenvalue weighted by Gasteiger charge is -2.01. The van der Waals surface area contributed by atoms with E-state index in [1.165, 1.54) is 13.2 Å². The number of amides is 2. The molecule has 2 amide bonds. The van der Waals surface area contributed by atoms with Crippen LogP contribution in [0.15, 0.2) is 22.8 Å². The van der Waals surface area contributed by atoms with Crippen molar-refractivity contribution in [2.24, 2.45) is 9.98 Å². The first-order chi connectivity index (χ1) is 6.74. The summed E-state index contributed by atoms with van der Waals surface area (Å²) in [4.78, 5) is 18.0. The Hall–Kier alpha value is -1.65. The summed E-state index contributed by atoms with van der Waals surface area (Å²) in [6.45, 7) is 10.9. The van der Waals surface area contributed by atoms with Crippen LogP contribution in [-0.2, 0) is 0 Å². The van der Waals surface area contributed by atoms with Gasteiger partial charge in [-0.25, -0.2) is 14.8 Å². The lowest BCUT2D eigenvalue weighted by molar-refractivity contribution is 0.244. The lowest BCUT2D eigenvalue weighted by Crippen LogP contribution is -2.35. The zero-order chi connectivity index (χ0) is 11.4. The van der Waals surface area contributed by atoms with Crippen LogP contribution in [0.5, 0.6) is 0 Å². The van der Waals surface area contributed by atoms with Gasteiger partial charge in [0.25, 0.3) is 0 Å². The average molecular weight is 198 g/mol. The molecule has 0 aliphatic heterocycles. The smallest absolute Gasteiger partial charge is 0.314 e. The second kappa shape index (κ2) is 11.4. The molecule has 0 spiro atoms. The largest absolute Gasteiger partial charge is 0.341 e. The summed E-state index contributed by atoms with van der Waals surface area (Å²) in [5.41, 5.74) is 0. The summed E-state index contributed by atoms with van der Waals surface area (Å²) >= 11 is 0. The van der Waals surface area contributed by atoms with Crippen LogP contribution in [0.4, 0.5) is 4.79 Å². The van der Waals surface area contributed by atoms with Gasteiger partial charge in [-0.3, -0.25) is 0 Å². The number of urea groups is 1. The Morgan fingerprint density at radius 1 is 1.50 bits per heavy atom. The van der Waals surface area contributed by atoms with Gasteiger partial charge in [0, 0.05) is 13.2 Å². The van der Waals surface area contributed by atoms with Gasteiger partial charge in [-0.15, -0.1) is 0 Å². The monoisotopic (exact) mass is 198 g/mol. The molecule has 0 aromatic carbocycles. The normalized spacial score (nSPS) is 9.21. The molecule has 0 fully saturated rings. The van der Waals surface area contributed by atoms with Crippen molar-refractivity contribution < 1.29 is 4.79 Å². The third-order valence-electron chi connectivity index (χ3n) is 1.06. The average Bonchev–Trinajstić information content (AvgIpc) is 2.26. The van der Waals surface area contributed by atoms with Crippen LogP contribution < -0.4 is 10.6 Å². The SMILES string of the molecule is C=CN=C(CNC(=O)NC)N=C.CC. The zero-order valence-electron chi connectivity index (χ0n) is 9.00. The second-order valence-electron chi connectivity index (χ2n) is 1.82. The van der Waals surface area contributed by atoms with Gasteiger partial charge in [0.15, 0.2) is 0 Å². The summed E-state index contributed by atoms with van der Waals surface area (Å²) in [5, 5.41) is 4.90. The van der Waals surface area contributed by atoms with Crippen LogP contribution >= 0.6 is 0 Å². The standard InChI is InChI=1S/C7H12N4O.C2H6/c1-4-10-6(8-2)5-11-7(12)9-3;1-2/h4H,1-2,5H2,3H3,(H2,9,11,12);1-2H3. The van der Waals surface area contributed by atoms with Crippen molar-refractivity contribution in [3.8, 4) is 0 Å². The van der Waals surface area contributed by atoms with Gasteiger partial charge >= 0.3 is 6.03 Å². The number of hydrogen-bond acceptors (Lipinski definition) is 2. The minimum atomic E-state index is -0.282. The summed E-state index contributed by atoms with van der Waals surface area (Å²) in [6.07, 6.45) is 1.34. The number of rotatable bonds is 3. The van der Waals surface area contributed by atoms with Crippen molar-refractivity contribution in [1.82, 2.24) is 10.6 Å². The van der Waals surface area contributed by atoms with E-state index < -0.39 is 0 Å². The summed E-state index contributed by atoms with van der Waals surface area (Å²) in [6, 6.07) is -0.282. The first-order valence-corrected chi connectivity index (χ1v) is 4.34. The molecule has 0 aliphatic rings. The van der Waals surface area contributed by atoms with E-state index in [0.717, 1.165) is 0 Å². The van der Waals surface area contributed by atoms with E-state index in [2.05, 4.69) is 33.9 Å². The maximum atomic E-state index is 10.7. The molecule has 0 aliphatic carbocycles. The molecule has 5 heteroatoms. The van der Waals surface area contributed by atoms with Gasteiger partial charge < -0.3 is 10.6 Å². The number of carbonyl (C=O) groups is 1. The molecular formula is C9H18N4O. The molecule has 5 nitrogen and oxygen atoms in total. The van der Waals surface area contributed by atoms with Gasteiger partial charge in [-0.2, -0.15) is 0 Å². The van der Waals surface area contributed by atoms with Crippen molar-refractivity contribution >= 4 is 18.6 Å². The molecule has 0 rings (SSSR count). The third kappa shape index (κ3) is 8.45. The molecule has 14 heavy (non-hydrogen) atoms. The minimum Gasteiger partial charge on any atom is -0.341 e. The number of hydrogen-bond donors (Lipinski definition) is 2. The number of nitrogens with one attached hydrogen (secondary N) is 2. The molecule has 0 aromatic heterocycles. The second-order valence-corrected chi connectivity index (χ2v) is 1.82. The molecule has 0 heterocycles. The highest BCUT2D eigenvalue weighted by Crippen LogP contribution is 1.79. The number of carbonyl (C=O) groups excluding carboxylic acids is 1. The minimum absolute atomic E-state index is 0.245. The molecule has 0 saturated carbocycles. The van der Waals surface area contributed by atoms with Crippen LogP contribution in [0, 0.1) is 0 Å². The molecule has 0 bridgehead atoms. The highest BCUT2D eigenvalue weighted by Gasteiger charge is 1.97. The predicted molar refractivity (Wildman–Crippen MR) is 61.0 cm³/mol. The molecular weight excluding hydrogens is 180 g/mol. The summed E-state index contributed by atoms with van der Waals surface area (Å²) < 4.78 is 0. The Kier molecular flexibility index (Phi) is 12.0. The topological polar surface area (TPSA) is 65.8 Å². The fourth-order valence-corrected chi connectivity index (χ4v) is 0.495. The van der Waals surface area contributed by atoms with Crippen LogP contribution in [0.2, 0.25) is 0 Å². The maximum absolute atomic E-state index is 10.7. The molecule has 0 aromatic rings. The number of nitrogens with zero attached hydrogens (tertiary/aromatic N) is 2. The number of amidine groups is 1. The Bertz CT molecular complexity index is 211. The molecule has 0 unspecified atom stereocenters. The van der Waals surface area contributed by atoms with E-state index in [-0.39, 0.29) is 12.6 Å². The van der Waals surface area contributed by atoms with Crippen molar-refractivity contribution in [3.63, 3.8) is 0 Å². The van der Waals surface area contributed by atoms with Crippen LogP contribution in [-0.4, -0.2) is 32.2 Å². The fraction of sp³-hybridized carbons (Fsp3) is 0.444. The Morgan fingerprint density at radius 3 is 2.43 bits per heavy atom. The maximum Gasteiger partial charge on any atom is 0.314 e. The van der Waals surface area contributed by atoms with Crippen molar-refractivity contribution in [1.29, 1.82) is 0 Å². The van der Waals surface area contributed by atoms with Crippen LogP contribution in [0.1, 0.15) is 13.8 Å². The van der Waals surface area contributed by atoms with E-state index in [1.807, 2.05) is 13.8 Å². The third-order valence-corrected chi connectivity index (χ3v) is 1.06. The first-order valence-electron chi connectivity index (χ1n) is 4.34. The predicted octanol–water partition coefficient (Wildman–Crippen LogP) is 1.18. The van der Waals surface area contributed by atoms with Gasteiger partial charge in [0.1, 0.15) is 5.84 Å². The van der Waals surface area contributed by atoms with E-state index in [9.17, 15) is 4.79 Å². The van der Waals surface area contributed by atoms with E-state index in [0.29, 0.717) is 5.84 Å². The van der Waals surface area contributed by atoms with Gasteiger partial charge in [-0.1, -0.05) is 20.4 Å². The molecule has 0 radical (unpaired) electrons. The van der Waals surface area contributed by atoms with E-state index in [1.54, 1.807) is 0 Å². The first kappa shape index (κ1) is 14.9. The Labute approximate surface area is 85.0 Å². The summed E-state index contributed by atoms with van der Waals surface area (Å²) in [5.74, 6) is 0.425. The highest BCUT2D eigenvalue weighted by atomic mass is 16.2. The Morgan fingerprint density at radius 2 is 2.07 bits per heavy atom. The van der Waals surface area contributed by atoms with Crippen LogP contribution in [0.3, 0.4) is 0 Å². The number of aliphatic imine (C=N–C) groups is 2. The van der Waals surface area contributed by atoms with Crippen LogP contribution in [0.25, 0.3) is 0 Å². The lowest BCUT2D eigenvalue weighted by atomic mass is 10.5. The van der Waals surface area contributed by atoms with Gasteiger partial charge in [0.05, 0.1) is 6.54 Å². The van der Waals surface area contributed by atoms with E-state index in [4.69, 9.17) is 0 Å². The molecule has 0 saturated heterocycles. The summed E-state index contributed by atoms with van der Waals surface area (Å²) in [7, 11) is 1.53. The van der Waals surface area contributed by atoms with Crippen molar-refractivity contribution in [2.45, 2.75) is 13.8 Å². The van der Waals surface area contributed by atoms with E-state index >= 15 is 0 Å². The quantitative estimate of drug-likeness (QED) is 0.519. The molecule has 2 N–H and O–H groups in total. The Balaban J connectivity index is 0. The van der Waals surface area contributed by atoms with Gasteiger partial charge in [0.2, 0.25) is 0 Å². The van der Waals surface area contributed by atoms with Gasteiger partial charge in [-0.05, 0) is 6.72 Å². The molecule has 80 valence electrons. The fourth-order valence-electron chi connectivity index (χ4n) is 0.495.